The fraction of sp³-hybridized carbons (Fsp3) is 0.333. The lowest BCUT2D eigenvalue weighted by Crippen LogP contribution is -2.35. The van der Waals surface area contributed by atoms with E-state index < -0.39 is 4.92 Å². The zero-order valence-corrected chi connectivity index (χ0v) is 20.7. The van der Waals surface area contributed by atoms with E-state index in [-0.39, 0.29) is 34.7 Å². The van der Waals surface area contributed by atoms with Gasteiger partial charge in [-0.05, 0) is 49.4 Å². The fourth-order valence-corrected chi connectivity index (χ4v) is 5.42. The lowest BCUT2D eigenvalue weighted by atomic mass is 9.84. The predicted octanol–water partition coefficient (Wildman–Crippen LogP) is 4.40. The number of rotatable bonds is 8. The maximum Gasteiger partial charge on any atom is 0.292 e. The van der Waals surface area contributed by atoms with Crippen LogP contribution >= 0.6 is 0 Å². The summed E-state index contributed by atoms with van der Waals surface area (Å²) < 4.78 is 0. The Morgan fingerprint density at radius 3 is 2.16 bits per heavy atom. The Balaban J connectivity index is 1.23. The number of carbonyl (C=O) groups is 2. The second-order valence-electron chi connectivity index (χ2n) is 9.61. The molecule has 0 spiro atoms. The summed E-state index contributed by atoms with van der Waals surface area (Å²) in [6.07, 6.45) is 6.17. The number of amides is 2. The molecular weight excluding hydrogens is 490 g/mol. The molecule has 0 radical (unpaired) electrons. The van der Waals surface area contributed by atoms with Crippen LogP contribution in [0.5, 0.6) is 0 Å². The van der Waals surface area contributed by atoms with Gasteiger partial charge in [0.1, 0.15) is 5.69 Å². The fourth-order valence-electron chi connectivity index (χ4n) is 5.42. The van der Waals surface area contributed by atoms with Crippen molar-refractivity contribution in [2.45, 2.75) is 25.7 Å². The van der Waals surface area contributed by atoms with Crippen molar-refractivity contribution in [1.29, 1.82) is 0 Å². The number of benzene rings is 2. The first-order chi connectivity index (χ1) is 18.3. The van der Waals surface area contributed by atoms with Crippen molar-refractivity contribution in [1.82, 2.24) is 4.90 Å². The second-order valence-corrected chi connectivity index (χ2v) is 9.61. The van der Waals surface area contributed by atoms with Crippen LogP contribution in [-0.2, 0) is 0 Å². The van der Waals surface area contributed by atoms with Crippen molar-refractivity contribution in [2.24, 2.45) is 5.92 Å². The number of hydrogen-bond donors (Lipinski definition) is 1. The predicted molar refractivity (Wildman–Crippen MR) is 141 cm³/mol. The molecule has 1 saturated heterocycles. The van der Waals surface area contributed by atoms with E-state index in [9.17, 15) is 29.8 Å². The van der Waals surface area contributed by atoms with E-state index in [2.05, 4.69) is 5.32 Å². The number of anilines is 2. The molecule has 1 fully saturated rings. The van der Waals surface area contributed by atoms with Crippen molar-refractivity contribution in [3.63, 3.8) is 0 Å². The molecule has 2 aromatic rings. The van der Waals surface area contributed by atoms with Crippen LogP contribution in [0.15, 0.2) is 65.9 Å². The maximum atomic E-state index is 12.6. The van der Waals surface area contributed by atoms with Crippen LogP contribution in [0.25, 0.3) is 0 Å². The van der Waals surface area contributed by atoms with Gasteiger partial charge in [0.15, 0.2) is 0 Å². The summed E-state index contributed by atoms with van der Waals surface area (Å²) in [4.78, 5) is 50.4. The Bertz CT molecular complexity index is 1340. The van der Waals surface area contributed by atoms with E-state index >= 15 is 0 Å². The van der Waals surface area contributed by atoms with Gasteiger partial charge < -0.3 is 10.2 Å². The highest BCUT2D eigenvalue weighted by Crippen LogP contribution is 2.37. The van der Waals surface area contributed by atoms with Crippen molar-refractivity contribution in [2.75, 3.05) is 36.4 Å². The number of allylic oxidation sites excluding steroid dienone is 4. The molecule has 196 valence electrons. The lowest BCUT2D eigenvalue weighted by Gasteiger charge is -2.35. The maximum absolute atomic E-state index is 12.6. The molecule has 0 aromatic heterocycles. The van der Waals surface area contributed by atoms with Crippen molar-refractivity contribution in [3.8, 4) is 0 Å². The summed E-state index contributed by atoms with van der Waals surface area (Å²) in [5.74, 6) is -0.341. The van der Waals surface area contributed by atoms with Crippen molar-refractivity contribution >= 4 is 28.9 Å². The molecule has 0 bridgehead atoms. The van der Waals surface area contributed by atoms with Gasteiger partial charge in [0, 0.05) is 50.4 Å². The van der Waals surface area contributed by atoms with Gasteiger partial charge in [-0.3, -0.25) is 34.7 Å². The number of carbonyl (C=O) groups excluding carboxylic acids is 2. The third kappa shape index (κ3) is 4.86. The van der Waals surface area contributed by atoms with Crippen LogP contribution in [-0.4, -0.2) is 52.7 Å². The SMILES string of the molecule is O=C1c2ccccc2C(=O)N1CCNc1ccc([N+](=O)[O-])c(N2CCC(C3=CC=C([N+](=O)[O-])CC3)CC2)c1. The normalized spacial score (nSPS) is 17.7. The summed E-state index contributed by atoms with van der Waals surface area (Å²) in [5, 5.41) is 25.9. The molecule has 5 rings (SSSR count). The van der Waals surface area contributed by atoms with Gasteiger partial charge in [-0.15, -0.1) is 0 Å². The van der Waals surface area contributed by atoms with Crippen molar-refractivity contribution < 1.29 is 19.4 Å². The number of nitro groups is 2. The highest BCUT2D eigenvalue weighted by Gasteiger charge is 2.34. The smallest absolute Gasteiger partial charge is 0.292 e. The molecule has 2 aliphatic heterocycles. The van der Waals surface area contributed by atoms with Gasteiger partial charge in [0.2, 0.25) is 5.70 Å². The topological polar surface area (TPSA) is 139 Å². The Kier molecular flexibility index (Phi) is 6.91. The zero-order chi connectivity index (χ0) is 26.8. The molecular formula is C27H27N5O6. The van der Waals surface area contributed by atoms with Crippen LogP contribution in [0, 0.1) is 26.1 Å². The van der Waals surface area contributed by atoms with Crippen LogP contribution in [0.4, 0.5) is 17.1 Å². The summed E-state index contributed by atoms with van der Waals surface area (Å²) >= 11 is 0. The Morgan fingerprint density at radius 1 is 0.895 bits per heavy atom. The van der Waals surface area contributed by atoms with E-state index in [1.165, 1.54) is 16.5 Å². The van der Waals surface area contributed by atoms with Gasteiger partial charge in [-0.25, -0.2) is 0 Å². The third-order valence-electron chi connectivity index (χ3n) is 7.47. The van der Waals surface area contributed by atoms with E-state index in [1.807, 2.05) is 11.0 Å². The van der Waals surface area contributed by atoms with E-state index in [0.29, 0.717) is 60.9 Å². The quantitative estimate of drug-likeness (QED) is 0.309. The summed E-state index contributed by atoms with van der Waals surface area (Å²) in [6.45, 7) is 1.74. The van der Waals surface area contributed by atoms with E-state index in [0.717, 1.165) is 12.8 Å². The van der Waals surface area contributed by atoms with Gasteiger partial charge in [-0.1, -0.05) is 23.8 Å². The molecule has 0 atom stereocenters. The van der Waals surface area contributed by atoms with Crippen LogP contribution < -0.4 is 10.2 Å². The Hall–Kier alpha value is -4.54. The average molecular weight is 518 g/mol. The van der Waals surface area contributed by atoms with Crippen LogP contribution in [0.3, 0.4) is 0 Å². The summed E-state index contributed by atoms with van der Waals surface area (Å²) in [7, 11) is 0. The number of nitrogens with one attached hydrogen (secondary N) is 1. The van der Waals surface area contributed by atoms with Gasteiger partial charge in [-0.2, -0.15) is 0 Å². The molecule has 1 aliphatic carbocycles. The zero-order valence-electron chi connectivity index (χ0n) is 20.7. The largest absolute Gasteiger partial charge is 0.383 e. The van der Waals surface area contributed by atoms with E-state index in [1.54, 1.807) is 42.5 Å². The molecule has 0 unspecified atom stereocenters. The molecule has 2 aromatic carbocycles. The van der Waals surface area contributed by atoms with Crippen LogP contribution in [0.1, 0.15) is 46.4 Å². The third-order valence-corrected chi connectivity index (χ3v) is 7.47. The molecule has 11 heteroatoms. The second kappa shape index (κ2) is 10.4. The molecule has 2 heterocycles. The first-order valence-electron chi connectivity index (χ1n) is 12.6. The number of hydrogen-bond acceptors (Lipinski definition) is 8. The number of nitrogens with zero attached hydrogens (tertiary/aromatic N) is 4. The standard InChI is InChI=1S/C27H27N5O6/c33-26-22-3-1-2-4-23(22)27(34)30(26)16-13-28-20-7-10-24(32(37)38)25(17-20)29-14-11-19(12-15-29)18-5-8-21(9-6-18)31(35)36/h1-5,7-8,10,17,19,28H,6,9,11-16H2. The first-order valence-corrected chi connectivity index (χ1v) is 12.6. The molecule has 0 saturated carbocycles. The molecule has 38 heavy (non-hydrogen) atoms. The van der Waals surface area contributed by atoms with Gasteiger partial charge in [0.25, 0.3) is 17.5 Å². The molecule has 3 aliphatic rings. The first kappa shape index (κ1) is 25.1. The highest BCUT2D eigenvalue weighted by atomic mass is 16.6. The summed E-state index contributed by atoms with van der Waals surface area (Å²) in [6, 6.07) is 11.6. The monoisotopic (exact) mass is 517 g/mol. The number of fused-ring (bicyclic) bond motifs is 1. The minimum Gasteiger partial charge on any atom is -0.383 e. The Morgan fingerprint density at radius 2 is 1.58 bits per heavy atom. The van der Waals surface area contributed by atoms with Crippen molar-refractivity contribution in [3.05, 3.63) is 97.2 Å². The minimum absolute atomic E-state index is 0.0183. The highest BCUT2D eigenvalue weighted by molar-refractivity contribution is 6.21. The Labute approximate surface area is 218 Å². The molecule has 1 N–H and O–H groups in total. The van der Waals surface area contributed by atoms with Gasteiger partial charge in [0.05, 0.1) is 21.0 Å². The van der Waals surface area contributed by atoms with E-state index in [4.69, 9.17) is 0 Å². The molecule has 2 amide bonds. The number of piperidine rings is 1. The summed E-state index contributed by atoms with van der Waals surface area (Å²) in [5.41, 5.74) is 3.44. The lowest BCUT2D eigenvalue weighted by molar-refractivity contribution is -0.428. The molecule has 11 nitrogen and oxygen atoms in total. The number of imide groups is 1. The average Bonchev–Trinajstić information content (AvgIpc) is 3.18. The van der Waals surface area contributed by atoms with Crippen LogP contribution in [0.2, 0.25) is 0 Å². The number of nitro benzene ring substituents is 1. The van der Waals surface area contributed by atoms with Gasteiger partial charge >= 0.3 is 0 Å². The minimum atomic E-state index is -0.391.